The fraction of sp³-hybridized carbons (Fsp3) is 0. The molecular weight excluding hydrogens is 221 g/mol. The summed E-state index contributed by atoms with van der Waals surface area (Å²) in [5, 5.41) is 0. The summed E-state index contributed by atoms with van der Waals surface area (Å²) in [7, 11) is 0. The summed E-state index contributed by atoms with van der Waals surface area (Å²) in [5.41, 5.74) is 0. The van der Waals surface area contributed by atoms with Crippen LogP contribution in [0.5, 0.6) is 0 Å². The largest absolute Gasteiger partial charge is 1.00 e. The maximum Gasteiger partial charge on any atom is -1.00 e. The quantitative estimate of drug-likeness (QED) is 0.358. The van der Waals surface area contributed by atoms with E-state index >= 15 is 0 Å². The zero-order valence-electron chi connectivity index (χ0n) is 1.71. The topological polar surface area (TPSA) is 0 Å². The first-order valence-corrected chi connectivity index (χ1v) is 0. The van der Waals surface area contributed by atoms with Crippen LogP contribution < -0.4 is 14.1 Å². The molecule has 0 saturated carbocycles. The van der Waals surface area contributed by atoms with Gasteiger partial charge in [-0.3, -0.25) is 0 Å². The molecular formula is H2AlBaF3. The summed E-state index contributed by atoms with van der Waals surface area (Å²) in [5.74, 6) is 0. The van der Waals surface area contributed by atoms with Crippen LogP contribution in [-0.2, 0) is 0 Å². The van der Waals surface area contributed by atoms with Crippen LogP contribution in [0.15, 0.2) is 0 Å². The molecule has 0 fully saturated rings. The van der Waals surface area contributed by atoms with Gasteiger partial charge in [-0.2, -0.15) is 0 Å². The molecule has 5 heavy (non-hydrogen) atoms. The number of hydrogen-bond donors (Lipinski definition) is 0. The maximum absolute atomic E-state index is 0. The van der Waals surface area contributed by atoms with Crippen molar-refractivity contribution in [3.63, 3.8) is 0 Å². The molecule has 0 atom stereocenters. The van der Waals surface area contributed by atoms with Crippen molar-refractivity contribution in [2.24, 2.45) is 0 Å². The van der Waals surface area contributed by atoms with Crippen LogP contribution in [0.4, 0.5) is 0 Å². The molecule has 0 aromatic carbocycles. The van der Waals surface area contributed by atoms with Gasteiger partial charge in [-0.1, -0.05) is 0 Å². The second kappa shape index (κ2) is 39.4. The molecule has 0 N–H and O–H groups in total. The Balaban J connectivity index is 0. The molecule has 0 rings (SSSR count). The molecule has 0 spiro atoms. The van der Waals surface area contributed by atoms with E-state index in [-0.39, 0.29) is 80.4 Å². The zero-order valence-corrected chi connectivity index (χ0v) is 2.87. The van der Waals surface area contributed by atoms with Crippen LogP contribution in [0.1, 0.15) is 0 Å². The smallest absolute Gasteiger partial charge is 1.00 e. The van der Waals surface area contributed by atoms with Gasteiger partial charge in [0.1, 0.15) is 0 Å². The molecule has 0 amide bonds. The van der Waals surface area contributed by atoms with Crippen molar-refractivity contribution in [1.82, 2.24) is 0 Å². The Morgan fingerprint density at radius 2 is 0.600 bits per heavy atom. The van der Waals surface area contributed by atoms with E-state index in [4.69, 9.17) is 0 Å². The fourth-order valence-corrected chi connectivity index (χ4v) is 0. The number of halogens is 3. The molecule has 5 heteroatoms. The van der Waals surface area contributed by atoms with Gasteiger partial charge in [0.05, 0.1) is 0 Å². The van der Waals surface area contributed by atoms with Crippen molar-refractivity contribution in [1.29, 1.82) is 0 Å². The standard InChI is InChI=1S/Al.Ba.3FH.2H/h;;3*1H;;/q+3;;;;;;/p-3. The second-order valence-electron chi connectivity index (χ2n) is 0. The molecule has 0 aliphatic rings. The molecule has 0 aromatic heterocycles. The Morgan fingerprint density at radius 3 is 0.600 bits per heavy atom. The molecule has 0 radical (unpaired) electrons. The van der Waals surface area contributed by atoms with Crippen molar-refractivity contribution < 1.29 is 14.1 Å². The summed E-state index contributed by atoms with van der Waals surface area (Å²) < 4.78 is 0. The van der Waals surface area contributed by atoms with Gasteiger partial charge in [-0.25, -0.2) is 0 Å². The van der Waals surface area contributed by atoms with Gasteiger partial charge < -0.3 is 14.1 Å². The van der Waals surface area contributed by atoms with E-state index in [0.29, 0.717) is 0 Å². The van der Waals surface area contributed by atoms with Gasteiger partial charge in [0.2, 0.25) is 0 Å². The Bertz CT molecular complexity index is 6.85. The van der Waals surface area contributed by atoms with Gasteiger partial charge in [0.15, 0.2) is 0 Å². The molecule has 0 heterocycles. The number of hydrogen-bond acceptors (Lipinski definition) is 0. The third-order valence-corrected chi connectivity index (χ3v) is 0. The third-order valence-electron chi connectivity index (χ3n) is 0. The minimum absolute atomic E-state index is 0. The minimum Gasteiger partial charge on any atom is -1.00 e. The minimum atomic E-state index is 0. The monoisotopic (exact) mass is 224 g/mol. The van der Waals surface area contributed by atoms with Crippen molar-refractivity contribution in [2.45, 2.75) is 0 Å². The molecule has 0 nitrogen and oxygen atoms in total. The molecule has 0 saturated heterocycles. The summed E-state index contributed by atoms with van der Waals surface area (Å²) in [6, 6.07) is 0. The van der Waals surface area contributed by atoms with E-state index in [1.54, 1.807) is 0 Å². The predicted octanol–water partition coefficient (Wildman–Crippen LogP) is -10.3. The van der Waals surface area contributed by atoms with Crippen LogP contribution in [-0.4, -0.2) is 66.2 Å². The summed E-state index contributed by atoms with van der Waals surface area (Å²) in [6.07, 6.45) is 0. The van der Waals surface area contributed by atoms with Crippen molar-refractivity contribution in [3.8, 4) is 0 Å². The first-order chi connectivity index (χ1) is 0. The first kappa shape index (κ1) is 66.8. The summed E-state index contributed by atoms with van der Waals surface area (Å²) in [4.78, 5) is 0. The van der Waals surface area contributed by atoms with Crippen LogP contribution in [0, 0.1) is 0 Å². The van der Waals surface area contributed by atoms with Gasteiger partial charge in [-0.05, 0) is 0 Å². The predicted molar refractivity (Wildman–Crippen MR) is 14.3 cm³/mol. The Morgan fingerprint density at radius 1 is 0.600 bits per heavy atom. The summed E-state index contributed by atoms with van der Waals surface area (Å²) in [6.45, 7) is 0. The van der Waals surface area contributed by atoms with E-state index in [0.717, 1.165) is 0 Å². The van der Waals surface area contributed by atoms with Crippen LogP contribution in [0.3, 0.4) is 0 Å². The van der Waals surface area contributed by atoms with Crippen LogP contribution >= 0.6 is 0 Å². The average molecular weight is 223 g/mol. The molecule has 0 unspecified atom stereocenters. The summed E-state index contributed by atoms with van der Waals surface area (Å²) >= 11 is 0. The van der Waals surface area contributed by atoms with Crippen LogP contribution in [0.2, 0.25) is 0 Å². The Labute approximate surface area is 79.0 Å². The van der Waals surface area contributed by atoms with Crippen molar-refractivity contribution in [2.75, 3.05) is 0 Å². The van der Waals surface area contributed by atoms with E-state index < -0.39 is 0 Å². The normalized spacial score (nSPS) is 0. The van der Waals surface area contributed by atoms with E-state index in [1.807, 2.05) is 0 Å². The number of rotatable bonds is 0. The molecule has 0 aliphatic heterocycles. The van der Waals surface area contributed by atoms with E-state index in [9.17, 15) is 0 Å². The fourth-order valence-electron chi connectivity index (χ4n) is 0. The van der Waals surface area contributed by atoms with Gasteiger partial charge in [0, 0.05) is 0 Å². The SMILES string of the molecule is [Al+3].[BaH2].[F-].[F-].[F-]. The van der Waals surface area contributed by atoms with Crippen LogP contribution in [0.25, 0.3) is 0 Å². The first-order valence-electron chi connectivity index (χ1n) is 0. The van der Waals surface area contributed by atoms with Gasteiger partial charge in [0.25, 0.3) is 0 Å². The third kappa shape index (κ3) is 24.9. The maximum atomic E-state index is 0. The molecule has 0 aliphatic carbocycles. The molecule has 0 bridgehead atoms. The Hall–Kier alpha value is 1.89. The van der Waals surface area contributed by atoms with Gasteiger partial charge >= 0.3 is 66.2 Å². The average Bonchev–Trinajstić information content (AvgIpc) is 0. The second-order valence-corrected chi connectivity index (χ2v) is 0. The van der Waals surface area contributed by atoms with Gasteiger partial charge in [-0.15, -0.1) is 0 Å². The van der Waals surface area contributed by atoms with Crippen molar-refractivity contribution >= 4 is 66.2 Å². The Kier molecular flexibility index (Phi) is 526. The zero-order chi connectivity index (χ0) is 0. The van der Waals surface area contributed by atoms with E-state index in [1.165, 1.54) is 0 Å². The molecule has 0 aromatic rings. The van der Waals surface area contributed by atoms with E-state index in [2.05, 4.69) is 0 Å². The van der Waals surface area contributed by atoms with Crippen molar-refractivity contribution in [3.05, 3.63) is 0 Å². The molecule has 28 valence electrons.